The SMILES string of the molecule is Cc1ccc(C(C)NC(C)CC2COCCN2)c(C)c1. The van der Waals surface area contributed by atoms with Gasteiger partial charge in [-0.15, -0.1) is 0 Å². The van der Waals surface area contributed by atoms with Crippen LogP contribution in [-0.4, -0.2) is 31.8 Å². The van der Waals surface area contributed by atoms with Crippen molar-refractivity contribution in [2.75, 3.05) is 19.8 Å². The zero-order chi connectivity index (χ0) is 14.5. The molecule has 2 N–H and O–H groups in total. The summed E-state index contributed by atoms with van der Waals surface area (Å²) < 4.78 is 5.51. The third kappa shape index (κ3) is 4.30. The average molecular weight is 276 g/mol. The van der Waals surface area contributed by atoms with E-state index in [-0.39, 0.29) is 0 Å². The molecule has 20 heavy (non-hydrogen) atoms. The Kier molecular flexibility index (Phi) is 5.58. The molecule has 0 radical (unpaired) electrons. The summed E-state index contributed by atoms with van der Waals surface area (Å²) in [5.74, 6) is 0. The largest absolute Gasteiger partial charge is 0.379 e. The van der Waals surface area contributed by atoms with Gasteiger partial charge in [-0.05, 0) is 45.2 Å². The monoisotopic (exact) mass is 276 g/mol. The topological polar surface area (TPSA) is 33.3 Å². The maximum atomic E-state index is 5.51. The lowest BCUT2D eigenvalue weighted by Gasteiger charge is -2.28. The first-order chi connectivity index (χ1) is 9.56. The number of hydrogen-bond donors (Lipinski definition) is 2. The highest BCUT2D eigenvalue weighted by atomic mass is 16.5. The molecular formula is C17H28N2O. The van der Waals surface area contributed by atoms with Crippen molar-refractivity contribution in [1.82, 2.24) is 10.6 Å². The Bertz CT molecular complexity index is 427. The average Bonchev–Trinajstić information content (AvgIpc) is 2.39. The molecule has 1 aliphatic heterocycles. The predicted octanol–water partition coefficient (Wildman–Crippen LogP) is 2.72. The van der Waals surface area contributed by atoms with Crippen molar-refractivity contribution in [1.29, 1.82) is 0 Å². The van der Waals surface area contributed by atoms with Gasteiger partial charge in [0, 0.05) is 24.7 Å². The second kappa shape index (κ2) is 7.21. The highest BCUT2D eigenvalue weighted by Crippen LogP contribution is 2.19. The number of ether oxygens (including phenoxy) is 1. The number of morpholine rings is 1. The highest BCUT2D eigenvalue weighted by molar-refractivity contribution is 5.32. The molecule has 3 heteroatoms. The van der Waals surface area contributed by atoms with Crippen LogP contribution in [0.4, 0.5) is 0 Å². The van der Waals surface area contributed by atoms with E-state index in [1.165, 1.54) is 16.7 Å². The lowest BCUT2D eigenvalue weighted by atomic mass is 9.99. The fourth-order valence-corrected chi connectivity index (χ4v) is 3.09. The summed E-state index contributed by atoms with van der Waals surface area (Å²) in [6.45, 7) is 11.5. The number of rotatable bonds is 5. The molecule has 1 aliphatic rings. The Morgan fingerprint density at radius 2 is 2.15 bits per heavy atom. The van der Waals surface area contributed by atoms with Gasteiger partial charge in [-0.25, -0.2) is 0 Å². The van der Waals surface area contributed by atoms with Crippen LogP contribution in [0, 0.1) is 13.8 Å². The molecule has 0 spiro atoms. The van der Waals surface area contributed by atoms with Gasteiger partial charge in [0.2, 0.25) is 0 Å². The fourth-order valence-electron chi connectivity index (χ4n) is 3.09. The van der Waals surface area contributed by atoms with Gasteiger partial charge in [0.05, 0.1) is 13.2 Å². The first-order valence-electron chi connectivity index (χ1n) is 7.70. The summed E-state index contributed by atoms with van der Waals surface area (Å²) in [4.78, 5) is 0. The maximum Gasteiger partial charge on any atom is 0.0620 e. The molecule has 3 atom stereocenters. The second-order valence-corrected chi connectivity index (χ2v) is 6.11. The zero-order valence-corrected chi connectivity index (χ0v) is 13.2. The molecule has 1 aromatic rings. The van der Waals surface area contributed by atoms with E-state index < -0.39 is 0 Å². The molecule has 2 rings (SSSR count). The Hall–Kier alpha value is -0.900. The van der Waals surface area contributed by atoms with Crippen LogP contribution in [0.25, 0.3) is 0 Å². The molecule has 112 valence electrons. The summed E-state index contributed by atoms with van der Waals surface area (Å²) >= 11 is 0. The number of benzene rings is 1. The van der Waals surface area contributed by atoms with Crippen LogP contribution < -0.4 is 10.6 Å². The smallest absolute Gasteiger partial charge is 0.0620 e. The second-order valence-electron chi connectivity index (χ2n) is 6.11. The van der Waals surface area contributed by atoms with E-state index in [0.29, 0.717) is 18.1 Å². The van der Waals surface area contributed by atoms with Crippen LogP contribution in [0.2, 0.25) is 0 Å². The molecular weight excluding hydrogens is 248 g/mol. The molecule has 0 saturated carbocycles. The third-order valence-electron chi connectivity index (χ3n) is 4.06. The molecule has 1 fully saturated rings. The predicted molar refractivity (Wildman–Crippen MR) is 84.2 cm³/mol. The van der Waals surface area contributed by atoms with E-state index in [1.54, 1.807) is 0 Å². The van der Waals surface area contributed by atoms with Gasteiger partial charge in [0.1, 0.15) is 0 Å². The molecule has 3 nitrogen and oxygen atoms in total. The number of aryl methyl sites for hydroxylation is 2. The molecule has 0 amide bonds. The van der Waals surface area contributed by atoms with Crippen LogP contribution in [0.3, 0.4) is 0 Å². The first kappa shape index (κ1) is 15.5. The minimum Gasteiger partial charge on any atom is -0.379 e. The van der Waals surface area contributed by atoms with Crippen molar-refractivity contribution < 1.29 is 4.74 Å². The minimum absolute atomic E-state index is 0.384. The summed E-state index contributed by atoms with van der Waals surface area (Å²) in [7, 11) is 0. The molecule has 1 heterocycles. The summed E-state index contributed by atoms with van der Waals surface area (Å²) in [5.41, 5.74) is 4.10. The lowest BCUT2D eigenvalue weighted by Crippen LogP contribution is -2.45. The lowest BCUT2D eigenvalue weighted by molar-refractivity contribution is 0.0708. The van der Waals surface area contributed by atoms with E-state index in [4.69, 9.17) is 4.74 Å². The minimum atomic E-state index is 0.384. The standard InChI is InChI=1S/C17H28N2O/c1-12-5-6-17(13(2)9-12)15(4)19-14(3)10-16-11-20-8-7-18-16/h5-6,9,14-16,18-19H,7-8,10-11H2,1-4H3. The summed E-state index contributed by atoms with van der Waals surface area (Å²) in [6, 6.07) is 8.05. The van der Waals surface area contributed by atoms with Gasteiger partial charge in [-0.3, -0.25) is 0 Å². The van der Waals surface area contributed by atoms with Gasteiger partial charge >= 0.3 is 0 Å². The molecule has 1 saturated heterocycles. The fraction of sp³-hybridized carbons (Fsp3) is 0.647. The van der Waals surface area contributed by atoms with Crippen molar-refractivity contribution in [3.05, 3.63) is 34.9 Å². The van der Waals surface area contributed by atoms with Crippen LogP contribution in [0.15, 0.2) is 18.2 Å². The van der Waals surface area contributed by atoms with E-state index in [1.807, 2.05) is 0 Å². The Balaban J connectivity index is 1.87. The van der Waals surface area contributed by atoms with Crippen molar-refractivity contribution in [3.63, 3.8) is 0 Å². The van der Waals surface area contributed by atoms with Crippen molar-refractivity contribution >= 4 is 0 Å². The van der Waals surface area contributed by atoms with Gasteiger partial charge in [0.25, 0.3) is 0 Å². The van der Waals surface area contributed by atoms with Gasteiger partial charge in [-0.2, -0.15) is 0 Å². The normalized spacial score (nSPS) is 22.5. The van der Waals surface area contributed by atoms with E-state index in [9.17, 15) is 0 Å². The van der Waals surface area contributed by atoms with Crippen molar-refractivity contribution in [2.45, 2.75) is 52.2 Å². The van der Waals surface area contributed by atoms with Gasteiger partial charge in [0.15, 0.2) is 0 Å². The number of hydrogen-bond acceptors (Lipinski definition) is 3. The Morgan fingerprint density at radius 1 is 1.35 bits per heavy atom. The van der Waals surface area contributed by atoms with E-state index in [0.717, 1.165) is 26.2 Å². The maximum absolute atomic E-state index is 5.51. The van der Waals surface area contributed by atoms with E-state index in [2.05, 4.69) is 56.5 Å². The first-order valence-corrected chi connectivity index (χ1v) is 7.70. The van der Waals surface area contributed by atoms with Crippen molar-refractivity contribution in [3.8, 4) is 0 Å². The summed E-state index contributed by atoms with van der Waals surface area (Å²) in [5, 5.41) is 7.23. The van der Waals surface area contributed by atoms with Gasteiger partial charge in [-0.1, -0.05) is 23.8 Å². The van der Waals surface area contributed by atoms with Gasteiger partial charge < -0.3 is 15.4 Å². The highest BCUT2D eigenvalue weighted by Gasteiger charge is 2.18. The third-order valence-corrected chi connectivity index (χ3v) is 4.06. The molecule has 0 aromatic heterocycles. The molecule has 3 unspecified atom stereocenters. The Labute approximate surface area is 123 Å². The van der Waals surface area contributed by atoms with Crippen LogP contribution in [-0.2, 0) is 4.74 Å². The number of nitrogens with one attached hydrogen (secondary N) is 2. The molecule has 0 aliphatic carbocycles. The summed E-state index contributed by atoms with van der Waals surface area (Å²) in [6.07, 6.45) is 1.11. The molecule has 0 bridgehead atoms. The van der Waals surface area contributed by atoms with Crippen LogP contribution in [0.1, 0.15) is 43.0 Å². The van der Waals surface area contributed by atoms with Crippen LogP contribution >= 0.6 is 0 Å². The Morgan fingerprint density at radius 3 is 2.80 bits per heavy atom. The van der Waals surface area contributed by atoms with Crippen molar-refractivity contribution in [2.24, 2.45) is 0 Å². The van der Waals surface area contributed by atoms with Crippen LogP contribution in [0.5, 0.6) is 0 Å². The van der Waals surface area contributed by atoms with E-state index >= 15 is 0 Å². The molecule has 1 aromatic carbocycles. The zero-order valence-electron chi connectivity index (χ0n) is 13.2. The quantitative estimate of drug-likeness (QED) is 0.867.